The molecule has 0 spiro atoms. The van der Waals surface area contributed by atoms with Crippen LogP contribution in [0.3, 0.4) is 0 Å². The van der Waals surface area contributed by atoms with Gasteiger partial charge in [-0.05, 0) is 40.8 Å². The molecule has 0 fully saturated rings. The smallest absolute Gasteiger partial charge is 0.122 e. The Morgan fingerprint density at radius 3 is 2.50 bits per heavy atom. The largest absolute Gasteiger partial charge is 0.493 e. The highest BCUT2D eigenvalue weighted by Gasteiger charge is 2.13. The topological polar surface area (TPSA) is 12.5 Å². The van der Waals surface area contributed by atoms with E-state index in [-0.39, 0.29) is 17.8 Å². The Hall–Kier alpha value is -1.77. The van der Waals surface area contributed by atoms with Crippen molar-refractivity contribution in [2.45, 2.75) is 39.2 Å². The highest BCUT2D eigenvalue weighted by atomic mass is 35.5. The van der Waals surface area contributed by atoms with Crippen LogP contribution in [-0.2, 0) is 18.4 Å². The van der Waals surface area contributed by atoms with Crippen molar-refractivity contribution >= 4 is 18.5 Å². The van der Waals surface area contributed by atoms with Crippen molar-refractivity contribution in [3.63, 3.8) is 0 Å². The van der Waals surface area contributed by atoms with E-state index in [1.807, 2.05) is 0 Å². The molecule has 26 heavy (non-hydrogen) atoms. The molecule has 0 unspecified atom stereocenters. The molecule has 1 heterocycles. The maximum Gasteiger partial charge on any atom is 0.122 e. The van der Waals surface area contributed by atoms with Crippen LogP contribution >= 0.6 is 12.4 Å². The lowest BCUT2D eigenvalue weighted by Crippen LogP contribution is -2.17. The van der Waals surface area contributed by atoms with Gasteiger partial charge < -0.3 is 4.74 Å². The van der Waals surface area contributed by atoms with E-state index in [4.69, 9.17) is 4.74 Å². The van der Waals surface area contributed by atoms with Crippen LogP contribution in [0.2, 0.25) is 0 Å². The van der Waals surface area contributed by atoms with Crippen LogP contribution in [0.15, 0.2) is 48.5 Å². The summed E-state index contributed by atoms with van der Waals surface area (Å²) in [5, 5.41) is 0. The minimum Gasteiger partial charge on any atom is -0.493 e. The molecule has 0 bridgehead atoms. The maximum atomic E-state index is 5.58. The monoisotopic (exact) mass is 371 g/mol. The molecule has 0 atom stereocenters. The minimum absolute atomic E-state index is 0. The second-order valence-corrected chi connectivity index (χ2v) is 8.01. The third kappa shape index (κ3) is 5.36. The summed E-state index contributed by atoms with van der Waals surface area (Å²) in [4.78, 5) is 2.33. The zero-order chi connectivity index (χ0) is 17.9. The van der Waals surface area contributed by atoms with E-state index in [0.29, 0.717) is 0 Å². The molecule has 0 saturated heterocycles. The molecule has 1 aliphatic heterocycles. The fourth-order valence-electron chi connectivity index (χ4n) is 3.18. The molecule has 2 nitrogen and oxygen atoms in total. The zero-order valence-corrected chi connectivity index (χ0v) is 17.1. The van der Waals surface area contributed by atoms with Crippen molar-refractivity contribution in [1.29, 1.82) is 0 Å². The Labute approximate surface area is 164 Å². The zero-order valence-electron chi connectivity index (χ0n) is 16.3. The first-order valence-corrected chi connectivity index (χ1v) is 9.12. The molecule has 2 aromatic carbocycles. The molecule has 0 amide bonds. The van der Waals surface area contributed by atoms with Gasteiger partial charge in [0.05, 0.1) is 6.61 Å². The van der Waals surface area contributed by atoms with Crippen LogP contribution in [0.4, 0.5) is 0 Å². The van der Waals surface area contributed by atoms with E-state index in [1.165, 1.54) is 22.3 Å². The number of ether oxygens (including phenoxy) is 1. The Morgan fingerprint density at radius 1 is 1.08 bits per heavy atom. The van der Waals surface area contributed by atoms with Crippen molar-refractivity contribution in [2.75, 3.05) is 20.2 Å². The van der Waals surface area contributed by atoms with Gasteiger partial charge >= 0.3 is 0 Å². The lowest BCUT2D eigenvalue weighted by molar-refractivity contribution is 0.356. The molecule has 1 aliphatic rings. The van der Waals surface area contributed by atoms with Crippen LogP contribution < -0.4 is 4.74 Å². The summed E-state index contributed by atoms with van der Waals surface area (Å²) >= 11 is 0. The molecule has 0 radical (unpaired) electrons. The molecular formula is C23H30ClNO. The highest BCUT2D eigenvalue weighted by Crippen LogP contribution is 2.26. The SMILES string of the molecule is CN(C/C=C/c1ccc(C(C)(C)C)cc1)Cc1ccc2c(c1)CCO2.Cl. The van der Waals surface area contributed by atoms with E-state index in [1.54, 1.807) is 0 Å². The lowest BCUT2D eigenvalue weighted by atomic mass is 9.87. The molecule has 0 aliphatic carbocycles. The van der Waals surface area contributed by atoms with Gasteiger partial charge in [0.25, 0.3) is 0 Å². The van der Waals surface area contributed by atoms with Crippen molar-refractivity contribution < 1.29 is 4.74 Å². The Balaban J connectivity index is 0.00000243. The third-order valence-corrected chi connectivity index (χ3v) is 4.71. The van der Waals surface area contributed by atoms with Gasteiger partial charge in [-0.25, -0.2) is 0 Å². The maximum absolute atomic E-state index is 5.58. The van der Waals surface area contributed by atoms with Crippen molar-refractivity contribution in [3.05, 3.63) is 70.8 Å². The average Bonchev–Trinajstić information content (AvgIpc) is 3.02. The summed E-state index contributed by atoms with van der Waals surface area (Å²) in [6, 6.07) is 15.4. The van der Waals surface area contributed by atoms with Crippen LogP contribution in [0, 0.1) is 0 Å². The van der Waals surface area contributed by atoms with Crippen molar-refractivity contribution in [2.24, 2.45) is 0 Å². The standard InChI is InChI=1S/C23H29NO.ClH/c1-23(2,3)21-10-7-18(8-11-21)6-5-14-24(4)17-19-9-12-22-20(16-19)13-15-25-22;/h5-12,16H,13-15,17H2,1-4H3;1H/b6-5+;. The Morgan fingerprint density at radius 2 is 1.81 bits per heavy atom. The minimum atomic E-state index is 0. The molecule has 140 valence electrons. The van der Waals surface area contributed by atoms with Gasteiger partial charge in [-0.3, -0.25) is 4.90 Å². The summed E-state index contributed by atoms with van der Waals surface area (Å²) < 4.78 is 5.58. The summed E-state index contributed by atoms with van der Waals surface area (Å²) in [5.74, 6) is 1.06. The number of rotatable bonds is 5. The van der Waals surface area contributed by atoms with E-state index in [0.717, 1.165) is 31.9 Å². The Kier molecular flexibility index (Phi) is 6.91. The van der Waals surface area contributed by atoms with Gasteiger partial charge in [-0.1, -0.05) is 69.3 Å². The van der Waals surface area contributed by atoms with Gasteiger partial charge in [0, 0.05) is 19.5 Å². The first kappa shape index (κ1) is 20.5. The first-order valence-electron chi connectivity index (χ1n) is 9.12. The Bertz CT molecular complexity index is 744. The van der Waals surface area contributed by atoms with E-state index < -0.39 is 0 Å². The molecule has 0 aromatic heterocycles. The summed E-state index contributed by atoms with van der Waals surface area (Å²) in [6.07, 6.45) is 5.49. The van der Waals surface area contributed by atoms with Crippen LogP contribution in [0.1, 0.15) is 43.0 Å². The number of nitrogens with zero attached hydrogens (tertiary/aromatic N) is 1. The van der Waals surface area contributed by atoms with Crippen LogP contribution in [0.25, 0.3) is 6.08 Å². The fraction of sp³-hybridized carbons (Fsp3) is 0.391. The van der Waals surface area contributed by atoms with Gasteiger partial charge in [-0.15, -0.1) is 12.4 Å². The van der Waals surface area contributed by atoms with Gasteiger partial charge in [0.1, 0.15) is 5.75 Å². The second-order valence-electron chi connectivity index (χ2n) is 8.01. The van der Waals surface area contributed by atoms with Gasteiger partial charge in [-0.2, -0.15) is 0 Å². The molecule has 3 heteroatoms. The van der Waals surface area contributed by atoms with Crippen molar-refractivity contribution in [3.8, 4) is 5.75 Å². The number of hydrogen-bond acceptors (Lipinski definition) is 2. The predicted octanol–water partition coefficient (Wildman–Crippen LogP) is 5.49. The van der Waals surface area contributed by atoms with Gasteiger partial charge in [0.15, 0.2) is 0 Å². The van der Waals surface area contributed by atoms with Gasteiger partial charge in [0.2, 0.25) is 0 Å². The van der Waals surface area contributed by atoms with E-state index in [2.05, 4.69) is 87.3 Å². The molecule has 0 saturated carbocycles. The first-order chi connectivity index (χ1) is 11.9. The summed E-state index contributed by atoms with van der Waals surface area (Å²) in [7, 11) is 2.16. The molecule has 0 N–H and O–H groups in total. The second kappa shape index (κ2) is 8.75. The normalized spacial score (nSPS) is 13.6. The lowest BCUT2D eigenvalue weighted by Gasteiger charge is -2.18. The quantitative estimate of drug-likeness (QED) is 0.689. The van der Waals surface area contributed by atoms with Crippen LogP contribution in [0.5, 0.6) is 5.75 Å². The third-order valence-electron chi connectivity index (χ3n) is 4.71. The van der Waals surface area contributed by atoms with Crippen molar-refractivity contribution in [1.82, 2.24) is 4.90 Å². The number of likely N-dealkylation sites (N-methyl/N-ethyl adjacent to an activating group) is 1. The summed E-state index contributed by atoms with van der Waals surface area (Å²) in [6.45, 7) is 9.47. The molecule has 3 rings (SSSR count). The predicted molar refractivity (Wildman–Crippen MR) is 113 cm³/mol. The van der Waals surface area contributed by atoms with Crippen LogP contribution in [-0.4, -0.2) is 25.1 Å². The van der Waals surface area contributed by atoms with E-state index >= 15 is 0 Å². The number of halogens is 1. The summed E-state index contributed by atoms with van der Waals surface area (Å²) in [5.41, 5.74) is 5.55. The van der Waals surface area contributed by atoms with E-state index in [9.17, 15) is 0 Å². The fourth-order valence-corrected chi connectivity index (χ4v) is 3.18. The molecule has 2 aromatic rings. The number of benzene rings is 2. The number of fused-ring (bicyclic) bond motifs is 1. The highest BCUT2D eigenvalue weighted by molar-refractivity contribution is 5.85. The average molecular weight is 372 g/mol. The number of hydrogen-bond donors (Lipinski definition) is 0. The molecular weight excluding hydrogens is 342 g/mol.